The number of aromatic nitrogens is 2. The van der Waals surface area contributed by atoms with Crippen LogP contribution in [0.15, 0.2) is 57.4 Å². The van der Waals surface area contributed by atoms with Crippen molar-refractivity contribution in [3.63, 3.8) is 0 Å². The average Bonchev–Trinajstić information content (AvgIpc) is 2.77. The van der Waals surface area contributed by atoms with Gasteiger partial charge in [-0.15, -0.1) is 6.58 Å². The van der Waals surface area contributed by atoms with Crippen molar-refractivity contribution in [1.29, 1.82) is 0 Å². The van der Waals surface area contributed by atoms with E-state index >= 15 is 0 Å². The Morgan fingerprint density at radius 3 is 2.63 bits per heavy atom. The second kappa shape index (κ2) is 10.9. The van der Waals surface area contributed by atoms with Gasteiger partial charge in [-0.05, 0) is 49.2 Å². The number of halogens is 1. The highest BCUT2D eigenvalue weighted by Gasteiger charge is 2.23. The Kier molecular flexibility index (Phi) is 8.11. The van der Waals surface area contributed by atoms with Gasteiger partial charge < -0.3 is 14.6 Å². The third-order valence-electron chi connectivity index (χ3n) is 4.96. The number of allylic oxidation sites excluding steroid dienone is 1. The molecule has 3 aromatic rings. The zero-order valence-electron chi connectivity index (χ0n) is 20.2. The second-order valence-electron chi connectivity index (χ2n) is 8.82. The number of rotatable bonds is 9. The predicted octanol–water partition coefficient (Wildman–Crippen LogP) is 4.93. The van der Waals surface area contributed by atoms with Crippen molar-refractivity contribution in [3.05, 3.63) is 74.8 Å². The highest BCUT2D eigenvalue weighted by molar-refractivity contribution is 9.10. The van der Waals surface area contributed by atoms with Crippen LogP contribution in [0.3, 0.4) is 0 Å². The molecule has 184 valence electrons. The average molecular weight is 542 g/mol. The Hall–Kier alpha value is -3.46. The largest absolute Gasteiger partial charge is 0.490 e. The van der Waals surface area contributed by atoms with Gasteiger partial charge in [0.15, 0.2) is 18.1 Å². The molecule has 9 heteroatoms. The van der Waals surface area contributed by atoms with E-state index in [-0.39, 0.29) is 5.56 Å². The number of aliphatic carboxylic acids is 1. The summed E-state index contributed by atoms with van der Waals surface area (Å²) in [6, 6.07) is 8.88. The summed E-state index contributed by atoms with van der Waals surface area (Å²) in [7, 11) is 0. The van der Waals surface area contributed by atoms with Crippen LogP contribution < -0.4 is 15.0 Å². The first-order valence-corrected chi connectivity index (χ1v) is 11.9. The van der Waals surface area contributed by atoms with Gasteiger partial charge in [-0.3, -0.25) is 4.79 Å². The molecule has 0 fully saturated rings. The molecule has 1 N–H and O–H groups in total. The van der Waals surface area contributed by atoms with Crippen molar-refractivity contribution in [1.82, 2.24) is 9.66 Å². The minimum Gasteiger partial charge on any atom is -0.490 e. The van der Waals surface area contributed by atoms with Gasteiger partial charge in [0.05, 0.1) is 23.7 Å². The van der Waals surface area contributed by atoms with Gasteiger partial charge >= 0.3 is 5.97 Å². The molecule has 0 amide bonds. The van der Waals surface area contributed by atoms with Crippen LogP contribution in [-0.4, -0.2) is 40.2 Å². The van der Waals surface area contributed by atoms with Crippen LogP contribution >= 0.6 is 15.9 Å². The van der Waals surface area contributed by atoms with E-state index in [1.807, 2.05) is 33.8 Å². The summed E-state index contributed by atoms with van der Waals surface area (Å²) in [5.74, 6) is 0.160. The summed E-state index contributed by atoms with van der Waals surface area (Å²) in [5.41, 5.74) is 1.21. The fourth-order valence-corrected chi connectivity index (χ4v) is 3.85. The lowest BCUT2D eigenvalue weighted by molar-refractivity contribution is -0.139. The Morgan fingerprint density at radius 2 is 2.00 bits per heavy atom. The molecule has 0 atom stereocenters. The maximum Gasteiger partial charge on any atom is 0.341 e. The molecule has 0 unspecified atom stereocenters. The molecule has 3 rings (SSSR count). The van der Waals surface area contributed by atoms with Crippen molar-refractivity contribution in [2.45, 2.75) is 39.5 Å². The minimum atomic E-state index is -1.09. The van der Waals surface area contributed by atoms with Gasteiger partial charge in [0.2, 0.25) is 0 Å². The molecule has 0 spiro atoms. The Labute approximate surface area is 212 Å². The Morgan fingerprint density at radius 1 is 1.26 bits per heavy atom. The number of fused-ring (bicyclic) bond motifs is 1. The Balaban J connectivity index is 2.17. The van der Waals surface area contributed by atoms with Gasteiger partial charge in [-0.2, -0.15) is 9.78 Å². The summed E-state index contributed by atoms with van der Waals surface area (Å²) in [6.45, 7) is 11.4. The van der Waals surface area contributed by atoms with E-state index in [1.54, 1.807) is 36.6 Å². The molecule has 0 aliphatic carbocycles. The van der Waals surface area contributed by atoms with E-state index in [1.165, 1.54) is 4.68 Å². The van der Waals surface area contributed by atoms with Crippen molar-refractivity contribution in [2.24, 2.45) is 5.10 Å². The second-order valence-corrected chi connectivity index (χ2v) is 9.74. The lowest BCUT2D eigenvalue weighted by Crippen LogP contribution is -2.29. The van der Waals surface area contributed by atoms with E-state index in [0.717, 1.165) is 4.47 Å². The van der Waals surface area contributed by atoms with E-state index in [2.05, 4.69) is 27.6 Å². The number of nitrogens with zero attached hydrogens (tertiary/aromatic N) is 3. The first kappa shape index (κ1) is 26.2. The first-order chi connectivity index (χ1) is 16.5. The highest BCUT2D eigenvalue weighted by Crippen LogP contribution is 2.34. The van der Waals surface area contributed by atoms with E-state index in [0.29, 0.717) is 52.4 Å². The summed E-state index contributed by atoms with van der Waals surface area (Å²) >= 11 is 3.41. The van der Waals surface area contributed by atoms with Crippen LogP contribution in [0.5, 0.6) is 11.5 Å². The van der Waals surface area contributed by atoms with Crippen molar-refractivity contribution >= 4 is 39.0 Å². The fourth-order valence-electron chi connectivity index (χ4n) is 3.49. The molecular formula is C26H28BrN3O5. The van der Waals surface area contributed by atoms with E-state index < -0.39 is 18.0 Å². The maximum atomic E-state index is 13.4. The smallest absolute Gasteiger partial charge is 0.341 e. The molecule has 2 aromatic carbocycles. The third kappa shape index (κ3) is 6.16. The molecule has 8 nitrogen and oxygen atoms in total. The number of benzene rings is 2. The number of ether oxygens (including phenoxy) is 2. The van der Waals surface area contributed by atoms with Crippen molar-refractivity contribution in [3.8, 4) is 11.5 Å². The SMILES string of the molecule is C=CCc1cc(C=Nn2c(C(C)(C)C)nc3ccc(Br)cc3c2=O)cc(OCC)c1OCC(=O)O. The summed E-state index contributed by atoms with van der Waals surface area (Å²) in [6.07, 6.45) is 3.67. The fraction of sp³-hybridized carbons (Fsp3) is 0.308. The van der Waals surface area contributed by atoms with Crippen LogP contribution in [0.2, 0.25) is 0 Å². The predicted molar refractivity (Wildman–Crippen MR) is 140 cm³/mol. The highest BCUT2D eigenvalue weighted by atomic mass is 79.9. The lowest BCUT2D eigenvalue weighted by atomic mass is 9.95. The van der Waals surface area contributed by atoms with Crippen LogP contribution in [0.25, 0.3) is 10.9 Å². The lowest BCUT2D eigenvalue weighted by Gasteiger charge is -2.21. The van der Waals surface area contributed by atoms with Crippen LogP contribution in [0, 0.1) is 0 Å². The van der Waals surface area contributed by atoms with Crippen molar-refractivity contribution < 1.29 is 19.4 Å². The Bertz CT molecular complexity index is 1360. The molecule has 1 heterocycles. The number of carbonyl (C=O) groups is 1. The van der Waals surface area contributed by atoms with Gasteiger partial charge in [0.25, 0.3) is 5.56 Å². The monoisotopic (exact) mass is 541 g/mol. The normalized spacial score (nSPS) is 11.7. The van der Waals surface area contributed by atoms with E-state index in [4.69, 9.17) is 19.6 Å². The summed E-state index contributed by atoms with van der Waals surface area (Å²) in [5, 5.41) is 14.0. The van der Waals surface area contributed by atoms with Crippen LogP contribution in [0.1, 0.15) is 44.6 Å². The molecule has 1 aromatic heterocycles. The molecular weight excluding hydrogens is 514 g/mol. The van der Waals surface area contributed by atoms with Crippen LogP contribution in [0.4, 0.5) is 0 Å². The zero-order valence-corrected chi connectivity index (χ0v) is 21.8. The first-order valence-electron chi connectivity index (χ1n) is 11.1. The molecule has 0 saturated heterocycles. The van der Waals surface area contributed by atoms with Gasteiger partial charge in [0, 0.05) is 15.5 Å². The zero-order chi connectivity index (χ0) is 25.8. The molecule has 0 aliphatic heterocycles. The molecule has 0 aliphatic rings. The minimum absolute atomic E-state index is 0.282. The topological polar surface area (TPSA) is 103 Å². The number of carboxylic acid groups (broad SMARTS) is 1. The molecule has 35 heavy (non-hydrogen) atoms. The van der Waals surface area contributed by atoms with Gasteiger partial charge in [0.1, 0.15) is 5.82 Å². The molecule has 0 bridgehead atoms. The summed E-state index contributed by atoms with van der Waals surface area (Å²) in [4.78, 5) is 29.2. The number of hydrogen-bond donors (Lipinski definition) is 1. The van der Waals surface area contributed by atoms with Crippen molar-refractivity contribution in [2.75, 3.05) is 13.2 Å². The quantitative estimate of drug-likeness (QED) is 0.304. The van der Waals surface area contributed by atoms with Gasteiger partial charge in [-0.25, -0.2) is 9.78 Å². The number of hydrogen-bond acceptors (Lipinski definition) is 6. The standard InChI is InChI=1S/C26H28BrN3O5/c1-6-8-17-11-16(12-21(34-7-2)23(17)35-15-22(31)32)14-28-30-24(33)19-13-18(27)9-10-20(19)29-25(30)26(3,4)5/h6,9-14H,1,7-8,15H2,2-5H3,(H,31,32). The maximum absolute atomic E-state index is 13.4. The number of carboxylic acids is 1. The third-order valence-corrected chi connectivity index (χ3v) is 5.45. The van der Waals surface area contributed by atoms with E-state index in [9.17, 15) is 9.59 Å². The molecule has 0 saturated carbocycles. The van der Waals surface area contributed by atoms with Crippen LogP contribution in [-0.2, 0) is 16.6 Å². The van der Waals surface area contributed by atoms with Gasteiger partial charge in [-0.1, -0.05) is 42.8 Å². The molecule has 0 radical (unpaired) electrons. The summed E-state index contributed by atoms with van der Waals surface area (Å²) < 4.78 is 13.3.